The van der Waals surface area contributed by atoms with Gasteiger partial charge in [-0.05, 0) is 68.7 Å². The summed E-state index contributed by atoms with van der Waals surface area (Å²) in [6, 6.07) is 21.5. The zero-order chi connectivity index (χ0) is 25.1. The number of para-hydroxylation sites is 1. The number of fused-ring (bicyclic) bond motifs is 2. The highest BCUT2D eigenvalue weighted by atomic mass is 35.5. The number of carbonyl (C=O) groups is 3. The number of anilines is 1. The summed E-state index contributed by atoms with van der Waals surface area (Å²) in [6.45, 7) is 7.89. The molecule has 2 aliphatic heterocycles. The Morgan fingerprint density at radius 2 is 1.40 bits per heavy atom. The lowest BCUT2D eigenvalue weighted by Crippen LogP contribution is -2.60. The molecule has 0 radical (unpaired) electrons. The lowest BCUT2D eigenvalue weighted by molar-refractivity contribution is -0.123. The molecule has 2 atom stereocenters. The second kappa shape index (κ2) is 8.06. The van der Waals surface area contributed by atoms with Gasteiger partial charge in [-0.15, -0.1) is 0 Å². The minimum Gasteiger partial charge on any atom is -0.305 e. The fourth-order valence-corrected chi connectivity index (χ4v) is 5.98. The Balaban J connectivity index is 1.57. The van der Waals surface area contributed by atoms with Gasteiger partial charge >= 0.3 is 0 Å². The van der Waals surface area contributed by atoms with Gasteiger partial charge in [-0.2, -0.15) is 0 Å². The zero-order valence-corrected chi connectivity index (χ0v) is 21.0. The highest BCUT2D eigenvalue weighted by Crippen LogP contribution is 2.50. The van der Waals surface area contributed by atoms with Crippen molar-refractivity contribution < 1.29 is 14.4 Å². The van der Waals surface area contributed by atoms with E-state index in [1.807, 2.05) is 62.4 Å². The van der Waals surface area contributed by atoms with Crippen LogP contribution in [0.2, 0.25) is 5.02 Å². The Morgan fingerprint density at radius 3 is 2.00 bits per heavy atom. The Hall–Kier alpha value is -3.44. The average molecular weight is 487 g/mol. The quantitative estimate of drug-likeness (QED) is 0.436. The number of hydrogen-bond donors (Lipinski definition) is 0. The Labute approximate surface area is 210 Å². The molecule has 3 aromatic carbocycles. The van der Waals surface area contributed by atoms with Crippen molar-refractivity contribution in [2.75, 3.05) is 4.90 Å². The summed E-state index contributed by atoms with van der Waals surface area (Å²) in [4.78, 5) is 43.1. The number of carbonyl (C=O) groups excluding carboxylic acids is 3. The molecular formula is C29H27ClN2O3. The predicted octanol–water partition coefficient (Wildman–Crippen LogP) is 5.85. The Morgan fingerprint density at radius 1 is 0.857 bits per heavy atom. The summed E-state index contributed by atoms with van der Waals surface area (Å²) >= 11 is 6.16. The zero-order valence-electron chi connectivity index (χ0n) is 20.2. The molecule has 0 bridgehead atoms. The van der Waals surface area contributed by atoms with Gasteiger partial charge in [0.1, 0.15) is 6.04 Å². The fraction of sp³-hybridized carbons (Fsp3) is 0.276. The van der Waals surface area contributed by atoms with E-state index in [9.17, 15) is 14.4 Å². The van der Waals surface area contributed by atoms with Gasteiger partial charge in [0.15, 0.2) is 0 Å². The van der Waals surface area contributed by atoms with E-state index in [1.54, 1.807) is 36.1 Å². The van der Waals surface area contributed by atoms with Crippen LogP contribution in [0.5, 0.6) is 0 Å². The number of amides is 3. The van der Waals surface area contributed by atoms with Gasteiger partial charge < -0.3 is 4.90 Å². The molecule has 0 unspecified atom stereocenters. The largest absolute Gasteiger partial charge is 0.305 e. The standard InChI is InChI=1S/C29H27ClN2O3/c1-18(31-26(34)21-9-5-6-10-22(21)27(31)35)25(33)32-24-12-8-7-11-23(24)29(4,17-28(32,2)3)19-13-15-20(30)16-14-19/h5-16,18H,17H2,1-4H3/t18-,29-/m1/s1. The second-order valence-corrected chi connectivity index (χ2v) is 10.7. The van der Waals surface area contributed by atoms with Crippen molar-refractivity contribution in [1.82, 2.24) is 4.90 Å². The summed E-state index contributed by atoms with van der Waals surface area (Å²) in [5.41, 5.74) is 2.64. The van der Waals surface area contributed by atoms with Crippen LogP contribution in [0.15, 0.2) is 72.8 Å². The van der Waals surface area contributed by atoms with Crippen LogP contribution >= 0.6 is 11.6 Å². The number of nitrogens with zero attached hydrogens (tertiary/aromatic N) is 2. The first-order chi connectivity index (χ1) is 16.6. The molecule has 0 spiro atoms. The highest BCUT2D eigenvalue weighted by Gasteiger charge is 2.50. The van der Waals surface area contributed by atoms with E-state index >= 15 is 0 Å². The Bertz CT molecular complexity index is 1330. The third kappa shape index (κ3) is 3.49. The van der Waals surface area contributed by atoms with E-state index in [1.165, 1.54) is 0 Å². The molecule has 0 aromatic heterocycles. The van der Waals surface area contributed by atoms with Gasteiger partial charge in [0, 0.05) is 21.7 Å². The number of imide groups is 1. The van der Waals surface area contributed by atoms with Crippen molar-refractivity contribution in [3.05, 3.63) is 100 Å². The molecule has 0 N–H and O–H groups in total. The van der Waals surface area contributed by atoms with Crippen molar-refractivity contribution in [3.63, 3.8) is 0 Å². The first-order valence-electron chi connectivity index (χ1n) is 11.7. The molecule has 2 heterocycles. The number of benzene rings is 3. The van der Waals surface area contributed by atoms with Gasteiger partial charge in [-0.3, -0.25) is 19.3 Å². The van der Waals surface area contributed by atoms with E-state index in [4.69, 9.17) is 11.6 Å². The molecule has 178 valence electrons. The van der Waals surface area contributed by atoms with E-state index in [0.29, 0.717) is 22.6 Å². The molecule has 0 fully saturated rings. The maximum Gasteiger partial charge on any atom is 0.262 e. The molecular weight excluding hydrogens is 460 g/mol. The molecule has 0 aliphatic carbocycles. The van der Waals surface area contributed by atoms with Crippen LogP contribution in [0.4, 0.5) is 5.69 Å². The maximum atomic E-state index is 14.1. The molecule has 3 amide bonds. The van der Waals surface area contributed by atoms with Crippen LogP contribution < -0.4 is 4.90 Å². The smallest absolute Gasteiger partial charge is 0.262 e. The molecule has 3 aromatic rings. The van der Waals surface area contributed by atoms with Crippen LogP contribution in [0, 0.1) is 0 Å². The first-order valence-corrected chi connectivity index (χ1v) is 12.1. The third-order valence-electron chi connectivity index (χ3n) is 7.40. The second-order valence-electron chi connectivity index (χ2n) is 10.2. The molecule has 0 saturated heterocycles. The molecule has 0 saturated carbocycles. The Kier molecular flexibility index (Phi) is 5.37. The van der Waals surface area contributed by atoms with Gasteiger partial charge in [0.05, 0.1) is 11.1 Å². The number of rotatable bonds is 3. The summed E-state index contributed by atoms with van der Waals surface area (Å²) in [5, 5.41) is 0.673. The van der Waals surface area contributed by atoms with Gasteiger partial charge in [-0.1, -0.05) is 61.0 Å². The topological polar surface area (TPSA) is 57.7 Å². The van der Waals surface area contributed by atoms with Crippen molar-refractivity contribution >= 4 is 35.0 Å². The number of halogens is 1. The highest BCUT2D eigenvalue weighted by molar-refractivity contribution is 6.30. The third-order valence-corrected chi connectivity index (χ3v) is 7.65. The normalized spacial score (nSPS) is 21.5. The van der Waals surface area contributed by atoms with Gasteiger partial charge in [-0.25, -0.2) is 0 Å². The monoisotopic (exact) mass is 486 g/mol. The summed E-state index contributed by atoms with van der Waals surface area (Å²) in [5.74, 6) is -1.14. The molecule has 6 heteroatoms. The van der Waals surface area contributed by atoms with Gasteiger partial charge in [0.2, 0.25) is 0 Å². The summed E-state index contributed by atoms with van der Waals surface area (Å²) in [6.07, 6.45) is 0.652. The van der Waals surface area contributed by atoms with Crippen molar-refractivity contribution in [3.8, 4) is 0 Å². The molecule has 5 nitrogen and oxygen atoms in total. The average Bonchev–Trinajstić information content (AvgIpc) is 3.08. The van der Waals surface area contributed by atoms with Crippen molar-refractivity contribution in [2.24, 2.45) is 0 Å². The van der Waals surface area contributed by atoms with Crippen LogP contribution in [0.3, 0.4) is 0 Å². The minimum atomic E-state index is -0.949. The summed E-state index contributed by atoms with van der Waals surface area (Å²) < 4.78 is 0. The van der Waals surface area contributed by atoms with Crippen LogP contribution in [0.1, 0.15) is 66.0 Å². The first kappa shape index (κ1) is 23.3. The maximum absolute atomic E-state index is 14.1. The SMILES string of the molecule is C[C@H](C(=O)N1c2ccccc2[C@@](C)(c2ccc(Cl)cc2)CC1(C)C)N1C(=O)c2ccccc2C1=O. The lowest BCUT2D eigenvalue weighted by atomic mass is 9.65. The van der Waals surface area contributed by atoms with Crippen molar-refractivity contribution in [1.29, 1.82) is 0 Å². The lowest BCUT2D eigenvalue weighted by Gasteiger charge is -2.52. The molecule has 5 rings (SSSR count). The van der Waals surface area contributed by atoms with E-state index in [2.05, 4.69) is 6.92 Å². The van der Waals surface area contributed by atoms with Crippen molar-refractivity contribution in [2.45, 2.75) is 51.1 Å². The fourth-order valence-electron chi connectivity index (χ4n) is 5.85. The van der Waals surface area contributed by atoms with Crippen LogP contribution in [0.25, 0.3) is 0 Å². The molecule has 35 heavy (non-hydrogen) atoms. The van der Waals surface area contributed by atoms with Gasteiger partial charge in [0.25, 0.3) is 17.7 Å². The molecule has 2 aliphatic rings. The van der Waals surface area contributed by atoms with E-state index < -0.39 is 23.4 Å². The van der Waals surface area contributed by atoms with E-state index in [0.717, 1.165) is 21.7 Å². The summed E-state index contributed by atoms with van der Waals surface area (Å²) in [7, 11) is 0. The predicted molar refractivity (Wildman–Crippen MR) is 137 cm³/mol. The van der Waals surface area contributed by atoms with Crippen LogP contribution in [-0.2, 0) is 10.2 Å². The van der Waals surface area contributed by atoms with E-state index in [-0.39, 0.29) is 11.3 Å². The minimum absolute atomic E-state index is 0.282. The number of hydrogen-bond acceptors (Lipinski definition) is 3. The van der Waals surface area contributed by atoms with Crippen LogP contribution in [-0.4, -0.2) is 34.2 Å².